The molecule has 1 heterocycles. The van der Waals surface area contributed by atoms with Gasteiger partial charge in [0.25, 0.3) is 0 Å². The van der Waals surface area contributed by atoms with E-state index in [4.69, 9.17) is 10.8 Å². The van der Waals surface area contributed by atoms with Crippen LogP contribution < -0.4 is 5.73 Å². The van der Waals surface area contributed by atoms with Crippen LogP contribution in [0.25, 0.3) is 11.1 Å². The van der Waals surface area contributed by atoms with E-state index in [2.05, 4.69) is 10.2 Å². The lowest BCUT2D eigenvalue weighted by Crippen LogP contribution is -1.93. The Morgan fingerprint density at radius 1 is 1.20 bits per heavy atom. The Morgan fingerprint density at radius 2 is 1.93 bits per heavy atom. The van der Waals surface area contributed by atoms with Crippen LogP contribution in [0.5, 0.6) is 5.75 Å². The van der Waals surface area contributed by atoms with Crippen LogP contribution in [0.15, 0.2) is 18.3 Å². The highest BCUT2D eigenvalue weighted by Crippen LogP contribution is 2.31. The number of nitrogens with one attached hydrogen (secondary N) is 1. The van der Waals surface area contributed by atoms with Crippen molar-refractivity contribution < 1.29 is 13.9 Å². The van der Waals surface area contributed by atoms with E-state index >= 15 is 0 Å². The van der Waals surface area contributed by atoms with Crippen molar-refractivity contribution >= 4 is 5.82 Å². The molecule has 0 unspecified atom stereocenters. The molecule has 0 aliphatic rings. The molecule has 0 spiro atoms. The molecular formula is C9H7F2N3O. The van der Waals surface area contributed by atoms with Gasteiger partial charge < -0.3 is 10.8 Å². The summed E-state index contributed by atoms with van der Waals surface area (Å²) in [5.74, 6) is -3.05. The molecule has 0 saturated carbocycles. The first-order valence-corrected chi connectivity index (χ1v) is 4.07. The van der Waals surface area contributed by atoms with E-state index in [9.17, 15) is 8.78 Å². The summed E-state index contributed by atoms with van der Waals surface area (Å²) < 4.78 is 26.4. The summed E-state index contributed by atoms with van der Waals surface area (Å²) in [6.07, 6.45) is 1.28. The minimum Gasteiger partial charge on any atom is -0.505 e. The fraction of sp³-hybridized carbons (Fsp3) is 0. The molecule has 6 heteroatoms. The molecule has 2 aromatic rings. The highest BCUT2D eigenvalue weighted by atomic mass is 19.2. The van der Waals surface area contributed by atoms with E-state index in [1.165, 1.54) is 12.3 Å². The monoisotopic (exact) mass is 211 g/mol. The topological polar surface area (TPSA) is 74.9 Å². The number of aromatic nitrogens is 2. The maximum atomic E-state index is 13.4. The quantitative estimate of drug-likeness (QED) is 0.671. The predicted octanol–water partition coefficient (Wildman–Crippen LogP) is 1.64. The van der Waals surface area contributed by atoms with Crippen molar-refractivity contribution in [3.8, 4) is 16.9 Å². The molecule has 0 fully saturated rings. The zero-order chi connectivity index (χ0) is 11.0. The zero-order valence-electron chi connectivity index (χ0n) is 7.46. The maximum Gasteiger partial charge on any atom is 0.200 e. The fourth-order valence-corrected chi connectivity index (χ4v) is 1.26. The van der Waals surface area contributed by atoms with Gasteiger partial charge in [-0.15, -0.1) is 0 Å². The Balaban J connectivity index is 2.65. The molecule has 0 bridgehead atoms. The van der Waals surface area contributed by atoms with Gasteiger partial charge in [-0.05, 0) is 12.1 Å². The number of nitrogens with zero attached hydrogens (tertiary/aromatic N) is 1. The molecule has 4 N–H and O–H groups in total. The second-order valence-corrected chi connectivity index (χ2v) is 2.96. The van der Waals surface area contributed by atoms with Crippen molar-refractivity contribution in [1.29, 1.82) is 0 Å². The number of aromatic hydroxyl groups is 1. The van der Waals surface area contributed by atoms with Crippen molar-refractivity contribution in [2.75, 3.05) is 5.73 Å². The van der Waals surface area contributed by atoms with Gasteiger partial charge in [0, 0.05) is 11.1 Å². The van der Waals surface area contributed by atoms with Gasteiger partial charge in [-0.25, -0.2) is 4.39 Å². The fourth-order valence-electron chi connectivity index (χ4n) is 1.26. The van der Waals surface area contributed by atoms with Gasteiger partial charge in [0.1, 0.15) is 5.82 Å². The van der Waals surface area contributed by atoms with Gasteiger partial charge in [-0.3, -0.25) is 5.10 Å². The van der Waals surface area contributed by atoms with Crippen LogP contribution in [-0.2, 0) is 0 Å². The van der Waals surface area contributed by atoms with Crippen LogP contribution in [0.2, 0.25) is 0 Å². The van der Waals surface area contributed by atoms with Gasteiger partial charge in [0.15, 0.2) is 11.6 Å². The summed E-state index contributed by atoms with van der Waals surface area (Å²) in [6, 6.07) is 2.29. The molecule has 1 aromatic carbocycles. The van der Waals surface area contributed by atoms with Crippen LogP contribution in [-0.4, -0.2) is 15.3 Å². The zero-order valence-corrected chi connectivity index (χ0v) is 7.46. The number of phenols is 1. The van der Waals surface area contributed by atoms with Gasteiger partial charge in [0.2, 0.25) is 5.82 Å². The third-order valence-electron chi connectivity index (χ3n) is 2.02. The van der Waals surface area contributed by atoms with Crippen molar-refractivity contribution in [3.63, 3.8) is 0 Å². The number of anilines is 1. The predicted molar refractivity (Wildman–Crippen MR) is 50.0 cm³/mol. The lowest BCUT2D eigenvalue weighted by atomic mass is 10.1. The van der Waals surface area contributed by atoms with E-state index in [1.807, 2.05) is 0 Å². The lowest BCUT2D eigenvalue weighted by molar-refractivity contribution is 0.408. The summed E-state index contributed by atoms with van der Waals surface area (Å²) in [4.78, 5) is 0. The van der Waals surface area contributed by atoms with Crippen molar-refractivity contribution in [2.45, 2.75) is 0 Å². The number of nitrogens with two attached hydrogens (primary N) is 1. The summed E-state index contributed by atoms with van der Waals surface area (Å²) in [5, 5.41) is 14.9. The molecule has 2 rings (SSSR count). The second-order valence-electron chi connectivity index (χ2n) is 2.96. The van der Waals surface area contributed by atoms with Crippen LogP contribution in [0.4, 0.5) is 14.6 Å². The van der Waals surface area contributed by atoms with E-state index in [0.717, 1.165) is 6.07 Å². The van der Waals surface area contributed by atoms with Gasteiger partial charge in [-0.2, -0.15) is 9.49 Å². The van der Waals surface area contributed by atoms with E-state index in [1.54, 1.807) is 0 Å². The molecule has 0 atom stereocenters. The molecule has 0 amide bonds. The van der Waals surface area contributed by atoms with Crippen LogP contribution in [0.3, 0.4) is 0 Å². The van der Waals surface area contributed by atoms with Crippen LogP contribution in [0.1, 0.15) is 0 Å². The average Bonchev–Trinajstić information content (AvgIpc) is 2.62. The number of hydrogen-bond acceptors (Lipinski definition) is 3. The maximum absolute atomic E-state index is 13.4. The van der Waals surface area contributed by atoms with Gasteiger partial charge in [0.05, 0.1) is 6.20 Å². The first kappa shape index (κ1) is 9.45. The highest BCUT2D eigenvalue weighted by molar-refractivity contribution is 5.73. The number of halogens is 2. The summed E-state index contributed by atoms with van der Waals surface area (Å²) in [6.45, 7) is 0. The SMILES string of the molecule is Nc1[nH]ncc1-c1ccc(O)c(F)c1F. The molecule has 0 aliphatic carbocycles. The number of hydrogen-bond donors (Lipinski definition) is 3. The molecule has 0 radical (unpaired) electrons. The number of phenolic OH excluding ortho intramolecular Hbond substituents is 1. The van der Waals surface area contributed by atoms with Crippen LogP contribution in [0, 0.1) is 11.6 Å². The van der Waals surface area contributed by atoms with Crippen molar-refractivity contribution in [3.05, 3.63) is 30.0 Å². The third kappa shape index (κ3) is 1.39. The summed E-state index contributed by atoms with van der Waals surface area (Å²) in [5.41, 5.74) is 5.67. The Bertz CT molecular complexity index is 510. The Morgan fingerprint density at radius 3 is 2.53 bits per heavy atom. The van der Waals surface area contributed by atoms with E-state index in [-0.39, 0.29) is 16.9 Å². The molecule has 0 aliphatic heterocycles. The minimum atomic E-state index is -1.30. The van der Waals surface area contributed by atoms with E-state index < -0.39 is 17.4 Å². The first-order valence-electron chi connectivity index (χ1n) is 4.07. The number of H-pyrrole nitrogens is 1. The highest BCUT2D eigenvalue weighted by Gasteiger charge is 2.16. The van der Waals surface area contributed by atoms with Crippen molar-refractivity contribution in [1.82, 2.24) is 10.2 Å². The smallest absolute Gasteiger partial charge is 0.200 e. The average molecular weight is 211 g/mol. The van der Waals surface area contributed by atoms with Crippen molar-refractivity contribution in [2.24, 2.45) is 0 Å². The Kier molecular flexibility index (Phi) is 2.03. The summed E-state index contributed by atoms with van der Waals surface area (Å²) >= 11 is 0. The normalized spacial score (nSPS) is 10.5. The molecule has 4 nitrogen and oxygen atoms in total. The van der Waals surface area contributed by atoms with Crippen LogP contribution >= 0.6 is 0 Å². The number of rotatable bonds is 1. The van der Waals surface area contributed by atoms with E-state index in [0.29, 0.717) is 0 Å². The van der Waals surface area contributed by atoms with Gasteiger partial charge >= 0.3 is 0 Å². The Hall–Kier alpha value is -2.11. The molecular weight excluding hydrogens is 204 g/mol. The standard InChI is InChI=1S/C9H7F2N3O/c10-7-4(1-2-6(15)8(7)11)5-3-13-14-9(5)12/h1-3,15H,(H3,12,13,14). The second kappa shape index (κ2) is 3.23. The molecule has 0 saturated heterocycles. The first-order chi connectivity index (χ1) is 7.11. The number of aromatic amines is 1. The number of nitrogen functional groups attached to an aromatic ring is 1. The lowest BCUT2D eigenvalue weighted by Gasteiger charge is -2.03. The summed E-state index contributed by atoms with van der Waals surface area (Å²) in [7, 11) is 0. The molecule has 15 heavy (non-hydrogen) atoms. The Labute approximate surface area is 83.4 Å². The third-order valence-corrected chi connectivity index (χ3v) is 2.02. The van der Waals surface area contributed by atoms with Gasteiger partial charge in [-0.1, -0.05) is 0 Å². The molecule has 78 valence electrons. The number of benzene rings is 1. The largest absolute Gasteiger partial charge is 0.505 e. The molecule has 1 aromatic heterocycles. The minimum absolute atomic E-state index is 0.0449.